The summed E-state index contributed by atoms with van der Waals surface area (Å²) in [6.45, 7) is 4.19. The first kappa shape index (κ1) is 24.5. The number of aryl methyl sites for hydroxylation is 1. The molecule has 1 aromatic heterocycles. The Morgan fingerprint density at radius 1 is 1.03 bits per heavy atom. The van der Waals surface area contributed by atoms with Crippen molar-refractivity contribution in [3.8, 4) is 5.69 Å². The number of amides is 2. The summed E-state index contributed by atoms with van der Waals surface area (Å²) >= 11 is 0. The van der Waals surface area contributed by atoms with Crippen LogP contribution in [0.3, 0.4) is 0 Å². The lowest BCUT2D eigenvalue weighted by atomic mass is 10.1. The zero-order valence-electron chi connectivity index (χ0n) is 20.5. The molecule has 2 heterocycles. The van der Waals surface area contributed by atoms with Crippen molar-refractivity contribution >= 4 is 23.2 Å². The van der Waals surface area contributed by atoms with Crippen LogP contribution in [0, 0.1) is 0 Å². The second-order valence-corrected chi connectivity index (χ2v) is 9.12. The molecular weight excluding hydrogens is 438 g/mol. The maximum Gasteiger partial charge on any atom is 0.246 e. The molecule has 184 valence electrons. The summed E-state index contributed by atoms with van der Waals surface area (Å²) in [4.78, 5) is 28.1. The maximum atomic E-state index is 13.1. The van der Waals surface area contributed by atoms with Gasteiger partial charge >= 0.3 is 0 Å². The Morgan fingerprint density at radius 3 is 2.57 bits per heavy atom. The van der Waals surface area contributed by atoms with Crippen molar-refractivity contribution < 1.29 is 9.59 Å². The number of carbonyl (C=O) groups excluding carboxylic acids is 2. The van der Waals surface area contributed by atoms with E-state index in [1.165, 1.54) is 12.8 Å². The Morgan fingerprint density at radius 2 is 1.80 bits per heavy atom. The molecule has 0 saturated carbocycles. The Hall–Kier alpha value is -3.61. The van der Waals surface area contributed by atoms with Crippen molar-refractivity contribution in [1.29, 1.82) is 0 Å². The summed E-state index contributed by atoms with van der Waals surface area (Å²) in [5.74, 6) is -0.290. The highest BCUT2D eigenvalue weighted by atomic mass is 16.2. The van der Waals surface area contributed by atoms with Crippen molar-refractivity contribution in [2.24, 2.45) is 0 Å². The SMILES string of the molecule is CCCCC(NC(=O)CCc1cnn(-c2ccccc2)c1)C(=O)Nc1cccc(N2CCCC2)c1. The van der Waals surface area contributed by atoms with Crippen molar-refractivity contribution in [2.75, 3.05) is 23.3 Å². The van der Waals surface area contributed by atoms with E-state index in [1.807, 2.05) is 54.7 Å². The van der Waals surface area contributed by atoms with Crippen LogP contribution in [0.1, 0.15) is 51.0 Å². The lowest BCUT2D eigenvalue weighted by molar-refractivity contribution is -0.126. The van der Waals surface area contributed by atoms with Crippen molar-refractivity contribution in [3.63, 3.8) is 0 Å². The molecule has 1 fully saturated rings. The van der Waals surface area contributed by atoms with Crippen molar-refractivity contribution in [1.82, 2.24) is 15.1 Å². The average molecular weight is 474 g/mol. The second-order valence-electron chi connectivity index (χ2n) is 9.12. The van der Waals surface area contributed by atoms with Gasteiger partial charge in [-0.15, -0.1) is 0 Å². The van der Waals surface area contributed by atoms with Crippen LogP contribution in [0.5, 0.6) is 0 Å². The molecule has 1 saturated heterocycles. The van der Waals surface area contributed by atoms with Gasteiger partial charge in [-0.25, -0.2) is 4.68 Å². The zero-order valence-corrected chi connectivity index (χ0v) is 20.5. The number of aromatic nitrogens is 2. The van der Waals surface area contributed by atoms with Gasteiger partial charge in [0.05, 0.1) is 11.9 Å². The van der Waals surface area contributed by atoms with Gasteiger partial charge in [0.25, 0.3) is 0 Å². The van der Waals surface area contributed by atoms with Gasteiger partial charge in [0.1, 0.15) is 6.04 Å². The minimum atomic E-state index is -0.551. The minimum Gasteiger partial charge on any atom is -0.371 e. The van der Waals surface area contributed by atoms with E-state index in [0.717, 1.165) is 48.6 Å². The van der Waals surface area contributed by atoms with Gasteiger partial charge in [-0.3, -0.25) is 9.59 Å². The molecule has 2 amide bonds. The van der Waals surface area contributed by atoms with Gasteiger partial charge in [0.2, 0.25) is 11.8 Å². The topological polar surface area (TPSA) is 79.3 Å². The van der Waals surface area contributed by atoms with Crippen LogP contribution in [0.25, 0.3) is 5.69 Å². The number of unbranched alkanes of at least 4 members (excludes halogenated alkanes) is 1. The summed E-state index contributed by atoms with van der Waals surface area (Å²) in [5.41, 5.74) is 3.86. The van der Waals surface area contributed by atoms with Crippen LogP contribution < -0.4 is 15.5 Å². The molecular formula is C28H35N5O2. The third-order valence-electron chi connectivity index (χ3n) is 6.38. The molecule has 0 aliphatic carbocycles. The average Bonchev–Trinajstić information content (AvgIpc) is 3.59. The van der Waals surface area contributed by atoms with Crippen LogP contribution in [0.2, 0.25) is 0 Å². The maximum absolute atomic E-state index is 13.1. The summed E-state index contributed by atoms with van der Waals surface area (Å²) in [7, 11) is 0. The van der Waals surface area contributed by atoms with E-state index in [2.05, 4.69) is 33.6 Å². The number of rotatable bonds is 11. The quantitative estimate of drug-likeness (QED) is 0.422. The number of hydrogen-bond acceptors (Lipinski definition) is 4. The highest BCUT2D eigenvalue weighted by Crippen LogP contribution is 2.23. The smallest absolute Gasteiger partial charge is 0.246 e. The monoisotopic (exact) mass is 473 g/mol. The van der Waals surface area contributed by atoms with E-state index < -0.39 is 6.04 Å². The van der Waals surface area contributed by atoms with Gasteiger partial charge in [0.15, 0.2) is 0 Å². The summed E-state index contributed by atoms with van der Waals surface area (Å²) in [6, 6.07) is 17.3. The van der Waals surface area contributed by atoms with E-state index in [4.69, 9.17) is 0 Å². The molecule has 1 aliphatic rings. The Labute approximate surface area is 207 Å². The van der Waals surface area contributed by atoms with Crippen LogP contribution in [-0.2, 0) is 16.0 Å². The molecule has 4 rings (SSSR count). The first-order valence-electron chi connectivity index (χ1n) is 12.7. The van der Waals surface area contributed by atoms with Crippen molar-refractivity contribution in [2.45, 2.75) is 57.9 Å². The fourth-order valence-electron chi connectivity index (χ4n) is 4.40. The highest BCUT2D eigenvalue weighted by Gasteiger charge is 2.21. The van der Waals surface area contributed by atoms with Crippen molar-refractivity contribution in [3.05, 3.63) is 72.6 Å². The molecule has 3 aromatic rings. The van der Waals surface area contributed by atoms with Crippen LogP contribution in [0.15, 0.2) is 67.0 Å². The second kappa shape index (κ2) is 12.2. The van der Waals surface area contributed by atoms with E-state index >= 15 is 0 Å². The van der Waals surface area contributed by atoms with Crippen LogP contribution >= 0.6 is 0 Å². The number of carbonyl (C=O) groups is 2. The van der Waals surface area contributed by atoms with Gasteiger partial charge in [-0.05, 0) is 61.6 Å². The van der Waals surface area contributed by atoms with Gasteiger partial charge in [-0.1, -0.05) is 44.0 Å². The van der Waals surface area contributed by atoms with E-state index in [-0.39, 0.29) is 11.8 Å². The standard InChI is InChI=1S/C28H35N5O2/c1-2-3-14-26(28(35)30-23-10-9-13-25(19-23)32-17-7-8-18-32)31-27(34)16-15-22-20-29-33(21-22)24-11-5-4-6-12-24/h4-6,9-13,19-21,26H,2-3,7-8,14-18H2,1H3,(H,30,35)(H,31,34). The number of nitrogens with zero attached hydrogens (tertiary/aromatic N) is 3. The Kier molecular flexibility index (Phi) is 8.54. The van der Waals surface area contributed by atoms with E-state index in [9.17, 15) is 9.59 Å². The Balaban J connectivity index is 1.32. The summed E-state index contributed by atoms with van der Waals surface area (Å²) in [5, 5.41) is 10.4. The Bertz CT molecular complexity index is 1110. The fraction of sp³-hybridized carbons (Fsp3) is 0.393. The van der Waals surface area contributed by atoms with Gasteiger partial charge in [0, 0.05) is 37.1 Å². The summed E-state index contributed by atoms with van der Waals surface area (Å²) < 4.78 is 1.81. The first-order chi connectivity index (χ1) is 17.1. The van der Waals surface area contributed by atoms with Gasteiger partial charge in [-0.2, -0.15) is 5.10 Å². The molecule has 2 N–H and O–H groups in total. The third kappa shape index (κ3) is 6.94. The molecule has 1 unspecified atom stereocenters. The number of para-hydroxylation sites is 1. The minimum absolute atomic E-state index is 0.125. The molecule has 1 atom stereocenters. The molecule has 0 radical (unpaired) electrons. The molecule has 0 bridgehead atoms. The number of benzene rings is 2. The van der Waals surface area contributed by atoms with E-state index in [0.29, 0.717) is 19.3 Å². The number of hydrogen-bond donors (Lipinski definition) is 2. The largest absolute Gasteiger partial charge is 0.371 e. The van der Waals surface area contributed by atoms with Crippen LogP contribution in [-0.4, -0.2) is 40.7 Å². The molecule has 1 aliphatic heterocycles. The normalized spacial score (nSPS) is 14.0. The third-order valence-corrected chi connectivity index (χ3v) is 6.38. The molecule has 7 nitrogen and oxygen atoms in total. The predicted molar refractivity (Wildman–Crippen MR) is 140 cm³/mol. The number of anilines is 2. The lowest BCUT2D eigenvalue weighted by Crippen LogP contribution is -2.43. The highest BCUT2D eigenvalue weighted by molar-refractivity contribution is 5.97. The molecule has 7 heteroatoms. The summed E-state index contributed by atoms with van der Waals surface area (Å²) in [6.07, 6.45) is 9.46. The molecule has 2 aromatic carbocycles. The van der Waals surface area contributed by atoms with E-state index in [1.54, 1.807) is 10.9 Å². The molecule has 0 spiro atoms. The van der Waals surface area contributed by atoms with Crippen LogP contribution in [0.4, 0.5) is 11.4 Å². The number of nitrogens with one attached hydrogen (secondary N) is 2. The zero-order chi connectivity index (χ0) is 24.5. The van der Waals surface area contributed by atoms with Gasteiger partial charge < -0.3 is 15.5 Å². The first-order valence-corrected chi connectivity index (χ1v) is 12.7. The molecule has 35 heavy (non-hydrogen) atoms. The lowest BCUT2D eigenvalue weighted by Gasteiger charge is -2.20. The fourth-order valence-corrected chi connectivity index (χ4v) is 4.40. The predicted octanol–water partition coefficient (Wildman–Crippen LogP) is 4.72.